The molecule has 1 N–H and O–H groups in total. The third-order valence-corrected chi connectivity index (χ3v) is 3.94. The first-order valence-corrected chi connectivity index (χ1v) is 7.57. The average Bonchev–Trinajstić information content (AvgIpc) is 3.00. The predicted molar refractivity (Wildman–Crippen MR) is 80.2 cm³/mol. The maximum atomic E-state index is 13.5. The molecule has 0 bridgehead atoms. The van der Waals surface area contributed by atoms with E-state index in [1.54, 1.807) is 11.3 Å². The molecule has 0 aliphatic carbocycles. The second kappa shape index (κ2) is 7.42. The Hall–Kier alpha value is -1.86. The highest BCUT2D eigenvalue weighted by Gasteiger charge is 2.16. The zero-order valence-electron chi connectivity index (χ0n) is 11.9. The molecule has 0 saturated carbocycles. The number of hydrogen-bond acceptors (Lipinski definition) is 3. The summed E-state index contributed by atoms with van der Waals surface area (Å²) in [4.78, 5) is 14.9. The van der Waals surface area contributed by atoms with Crippen LogP contribution in [0.5, 0.6) is 0 Å². The summed E-state index contributed by atoms with van der Waals surface area (Å²) in [5, 5.41) is 4.21. The van der Waals surface area contributed by atoms with Crippen LogP contribution in [-0.2, 0) is 11.3 Å². The van der Waals surface area contributed by atoms with Crippen molar-refractivity contribution in [3.8, 4) is 0 Å². The van der Waals surface area contributed by atoms with Gasteiger partial charge < -0.3 is 5.32 Å². The third-order valence-electron chi connectivity index (χ3n) is 3.08. The summed E-state index contributed by atoms with van der Waals surface area (Å²) in [6.07, 6.45) is 0. The number of halogens is 3. The van der Waals surface area contributed by atoms with Gasteiger partial charge in [0.2, 0.25) is 5.91 Å². The van der Waals surface area contributed by atoms with Gasteiger partial charge in [-0.25, -0.2) is 13.2 Å². The number of benzene rings is 1. The van der Waals surface area contributed by atoms with E-state index < -0.39 is 23.4 Å². The van der Waals surface area contributed by atoms with E-state index in [0.717, 1.165) is 17.0 Å². The number of carbonyl (C=O) groups excluding carboxylic acids is 1. The van der Waals surface area contributed by atoms with E-state index in [2.05, 4.69) is 5.32 Å². The first-order valence-electron chi connectivity index (χ1n) is 6.69. The van der Waals surface area contributed by atoms with Gasteiger partial charge in [0, 0.05) is 11.4 Å². The van der Waals surface area contributed by atoms with Gasteiger partial charge in [0.25, 0.3) is 0 Å². The van der Waals surface area contributed by atoms with Gasteiger partial charge in [0.05, 0.1) is 12.2 Å². The zero-order valence-corrected chi connectivity index (χ0v) is 12.7. The fourth-order valence-electron chi connectivity index (χ4n) is 1.92. The molecule has 0 unspecified atom stereocenters. The zero-order chi connectivity index (χ0) is 16.1. The lowest BCUT2D eigenvalue weighted by Gasteiger charge is -2.19. The van der Waals surface area contributed by atoms with Crippen LogP contribution in [-0.4, -0.2) is 23.9 Å². The number of anilines is 1. The number of carbonyl (C=O) groups is 1. The van der Waals surface area contributed by atoms with Crippen LogP contribution in [0.25, 0.3) is 0 Å². The second-order valence-electron chi connectivity index (χ2n) is 4.65. The van der Waals surface area contributed by atoms with Crippen molar-refractivity contribution < 1.29 is 18.0 Å². The third kappa shape index (κ3) is 4.08. The van der Waals surface area contributed by atoms with E-state index in [1.807, 2.05) is 29.3 Å². The van der Waals surface area contributed by atoms with Crippen molar-refractivity contribution in [3.63, 3.8) is 0 Å². The smallest absolute Gasteiger partial charge is 0.238 e. The maximum Gasteiger partial charge on any atom is 0.238 e. The summed E-state index contributed by atoms with van der Waals surface area (Å²) in [5.41, 5.74) is -0.365. The highest BCUT2D eigenvalue weighted by atomic mass is 32.1. The van der Waals surface area contributed by atoms with Crippen LogP contribution < -0.4 is 5.32 Å². The van der Waals surface area contributed by atoms with Crippen LogP contribution in [0.4, 0.5) is 18.9 Å². The molecule has 3 nitrogen and oxygen atoms in total. The highest BCUT2D eigenvalue weighted by Crippen LogP contribution is 2.19. The summed E-state index contributed by atoms with van der Waals surface area (Å²) in [6, 6.07) is 5.66. The molecule has 7 heteroatoms. The molecule has 0 radical (unpaired) electrons. The summed E-state index contributed by atoms with van der Waals surface area (Å²) < 4.78 is 39.5. The lowest BCUT2D eigenvalue weighted by molar-refractivity contribution is -0.117. The molecule has 1 aromatic heterocycles. The van der Waals surface area contributed by atoms with Gasteiger partial charge in [0.15, 0.2) is 17.5 Å². The normalized spacial score (nSPS) is 11.0. The van der Waals surface area contributed by atoms with Crippen molar-refractivity contribution in [2.24, 2.45) is 0 Å². The van der Waals surface area contributed by atoms with Gasteiger partial charge in [-0.05, 0) is 30.1 Å². The van der Waals surface area contributed by atoms with Crippen molar-refractivity contribution in [2.45, 2.75) is 13.5 Å². The van der Waals surface area contributed by atoms with Crippen molar-refractivity contribution in [2.75, 3.05) is 18.4 Å². The van der Waals surface area contributed by atoms with Crippen LogP contribution in [0.2, 0.25) is 0 Å². The number of likely N-dealkylation sites (N-methyl/N-ethyl adjacent to an activating group) is 1. The van der Waals surface area contributed by atoms with Crippen LogP contribution in [0, 0.1) is 17.5 Å². The van der Waals surface area contributed by atoms with E-state index in [1.165, 1.54) is 0 Å². The molecular formula is C15H15F3N2OS. The lowest BCUT2D eigenvalue weighted by atomic mass is 10.2. The van der Waals surface area contributed by atoms with E-state index in [0.29, 0.717) is 13.1 Å². The lowest BCUT2D eigenvalue weighted by Crippen LogP contribution is -2.32. The molecule has 0 saturated heterocycles. The molecule has 0 atom stereocenters. The van der Waals surface area contributed by atoms with Gasteiger partial charge >= 0.3 is 0 Å². The van der Waals surface area contributed by atoms with Crippen LogP contribution in [0.15, 0.2) is 29.6 Å². The predicted octanol–water partition coefficient (Wildman–Crippen LogP) is 3.63. The Morgan fingerprint density at radius 1 is 1.23 bits per heavy atom. The van der Waals surface area contributed by atoms with Crippen molar-refractivity contribution in [1.29, 1.82) is 0 Å². The van der Waals surface area contributed by atoms with Crippen LogP contribution in [0.1, 0.15) is 11.8 Å². The molecule has 1 heterocycles. The van der Waals surface area contributed by atoms with Crippen molar-refractivity contribution in [1.82, 2.24) is 4.90 Å². The number of rotatable bonds is 6. The molecule has 0 aliphatic heterocycles. The SMILES string of the molecule is CCN(CC(=O)Nc1ccc(F)c(F)c1F)Cc1cccs1. The highest BCUT2D eigenvalue weighted by molar-refractivity contribution is 7.09. The molecular weight excluding hydrogens is 313 g/mol. The second-order valence-corrected chi connectivity index (χ2v) is 5.69. The quantitative estimate of drug-likeness (QED) is 0.822. The Morgan fingerprint density at radius 2 is 2.00 bits per heavy atom. The molecule has 0 aliphatic rings. The Balaban J connectivity index is 1.98. The molecule has 1 amide bonds. The van der Waals surface area contributed by atoms with Crippen LogP contribution >= 0.6 is 11.3 Å². The fraction of sp³-hybridized carbons (Fsp3) is 0.267. The Kier molecular flexibility index (Phi) is 5.57. The average molecular weight is 328 g/mol. The first kappa shape index (κ1) is 16.5. The summed E-state index contributed by atoms with van der Waals surface area (Å²) >= 11 is 1.58. The summed E-state index contributed by atoms with van der Waals surface area (Å²) in [6.45, 7) is 3.17. The maximum absolute atomic E-state index is 13.5. The number of nitrogens with zero attached hydrogens (tertiary/aromatic N) is 1. The molecule has 2 rings (SSSR count). The minimum absolute atomic E-state index is 0.0346. The van der Waals surface area contributed by atoms with Crippen molar-refractivity contribution >= 4 is 22.9 Å². The minimum atomic E-state index is -1.59. The van der Waals surface area contributed by atoms with Gasteiger partial charge in [-0.2, -0.15) is 0 Å². The van der Waals surface area contributed by atoms with Gasteiger partial charge in [-0.15, -0.1) is 11.3 Å². The number of nitrogens with one attached hydrogen (secondary N) is 1. The molecule has 118 valence electrons. The molecule has 0 fully saturated rings. The van der Waals surface area contributed by atoms with E-state index in [-0.39, 0.29) is 12.2 Å². The number of amides is 1. The summed E-state index contributed by atoms with van der Waals surface area (Å²) in [7, 11) is 0. The summed E-state index contributed by atoms with van der Waals surface area (Å²) in [5.74, 6) is -4.76. The fourth-order valence-corrected chi connectivity index (χ4v) is 2.66. The number of thiophene rings is 1. The monoisotopic (exact) mass is 328 g/mol. The van der Waals surface area contributed by atoms with Gasteiger partial charge in [0.1, 0.15) is 0 Å². The van der Waals surface area contributed by atoms with E-state index in [4.69, 9.17) is 0 Å². The molecule has 0 spiro atoms. The van der Waals surface area contributed by atoms with Crippen LogP contribution in [0.3, 0.4) is 0 Å². The topological polar surface area (TPSA) is 32.3 Å². The van der Waals surface area contributed by atoms with Gasteiger partial charge in [-0.3, -0.25) is 9.69 Å². The largest absolute Gasteiger partial charge is 0.322 e. The standard InChI is InChI=1S/C15H15F3N2OS/c1-2-20(8-10-4-3-7-22-10)9-13(21)19-12-6-5-11(16)14(17)15(12)18/h3-7H,2,8-9H2,1H3,(H,19,21). The van der Waals surface area contributed by atoms with Gasteiger partial charge in [-0.1, -0.05) is 13.0 Å². The van der Waals surface area contributed by atoms with Crippen molar-refractivity contribution in [3.05, 3.63) is 52.0 Å². The molecule has 22 heavy (non-hydrogen) atoms. The van der Waals surface area contributed by atoms with E-state index in [9.17, 15) is 18.0 Å². The molecule has 1 aromatic carbocycles. The Bertz CT molecular complexity index is 646. The molecule has 2 aromatic rings. The Labute approximate surface area is 130 Å². The minimum Gasteiger partial charge on any atom is -0.322 e. The van der Waals surface area contributed by atoms with E-state index >= 15 is 0 Å². The first-order chi connectivity index (χ1) is 10.5. The Morgan fingerprint density at radius 3 is 2.64 bits per heavy atom. The number of hydrogen-bond donors (Lipinski definition) is 1.